The lowest BCUT2D eigenvalue weighted by molar-refractivity contribution is 0.355. The standard InChI is InChI=1S/C23H21N3O3/c1-28-19-11-9-16(13-20(19)29-2)25-22(14-6-4-3-5-7-14)21-17-12-15(24)8-10-18(17)26-23(21)27/h3-13,26-27H,24H2,1-2H3. The molecule has 0 aliphatic rings. The second-order valence-electron chi connectivity index (χ2n) is 6.52. The topological polar surface area (TPSA) is 92.9 Å². The lowest BCUT2D eigenvalue weighted by Crippen LogP contribution is -2.03. The van der Waals surface area contributed by atoms with Crippen LogP contribution < -0.4 is 15.2 Å². The molecule has 146 valence electrons. The smallest absolute Gasteiger partial charge is 0.199 e. The number of benzene rings is 3. The Kier molecular flexibility index (Phi) is 4.83. The lowest BCUT2D eigenvalue weighted by atomic mass is 10.0. The minimum absolute atomic E-state index is 0.0358. The van der Waals surface area contributed by atoms with Gasteiger partial charge in [0.2, 0.25) is 0 Å². The summed E-state index contributed by atoms with van der Waals surface area (Å²) in [5.74, 6) is 1.23. The first kappa shape index (κ1) is 18.4. The van der Waals surface area contributed by atoms with Crippen LogP contribution in [0.2, 0.25) is 0 Å². The summed E-state index contributed by atoms with van der Waals surface area (Å²) < 4.78 is 10.7. The van der Waals surface area contributed by atoms with Crippen molar-refractivity contribution in [1.29, 1.82) is 0 Å². The Bertz CT molecular complexity index is 1200. The van der Waals surface area contributed by atoms with Gasteiger partial charge in [0.1, 0.15) is 0 Å². The van der Waals surface area contributed by atoms with E-state index >= 15 is 0 Å². The van der Waals surface area contributed by atoms with E-state index in [-0.39, 0.29) is 5.88 Å². The fraction of sp³-hybridized carbons (Fsp3) is 0.0870. The van der Waals surface area contributed by atoms with Crippen LogP contribution in [0.3, 0.4) is 0 Å². The molecule has 4 aromatic rings. The van der Waals surface area contributed by atoms with Gasteiger partial charge in [0.15, 0.2) is 17.4 Å². The van der Waals surface area contributed by atoms with Crippen molar-refractivity contribution in [3.8, 4) is 17.4 Å². The van der Waals surface area contributed by atoms with Crippen molar-refractivity contribution < 1.29 is 14.6 Å². The number of nitrogens with one attached hydrogen (secondary N) is 1. The third-order valence-electron chi connectivity index (χ3n) is 4.69. The maximum atomic E-state index is 10.7. The predicted molar refractivity (Wildman–Crippen MR) is 116 cm³/mol. The summed E-state index contributed by atoms with van der Waals surface area (Å²) in [6.07, 6.45) is 0. The molecule has 1 heterocycles. The minimum Gasteiger partial charge on any atom is -0.494 e. The third kappa shape index (κ3) is 3.48. The van der Waals surface area contributed by atoms with Crippen LogP contribution in [0.15, 0.2) is 71.7 Å². The molecule has 0 saturated heterocycles. The molecule has 3 aromatic carbocycles. The van der Waals surface area contributed by atoms with E-state index in [0.29, 0.717) is 34.1 Å². The number of nitrogens with two attached hydrogens (primary N) is 1. The molecular weight excluding hydrogens is 366 g/mol. The molecule has 6 nitrogen and oxygen atoms in total. The quantitative estimate of drug-likeness (QED) is 0.343. The van der Waals surface area contributed by atoms with E-state index in [4.69, 9.17) is 20.2 Å². The summed E-state index contributed by atoms with van der Waals surface area (Å²) in [5.41, 5.74) is 10.1. The number of ether oxygens (including phenoxy) is 2. The normalized spacial score (nSPS) is 11.6. The molecule has 4 rings (SSSR count). The van der Waals surface area contributed by atoms with Gasteiger partial charge in [-0.2, -0.15) is 0 Å². The Balaban J connectivity index is 1.97. The van der Waals surface area contributed by atoms with Crippen molar-refractivity contribution >= 4 is 28.0 Å². The van der Waals surface area contributed by atoms with Gasteiger partial charge in [-0.1, -0.05) is 30.3 Å². The van der Waals surface area contributed by atoms with Gasteiger partial charge in [-0.05, 0) is 30.3 Å². The van der Waals surface area contributed by atoms with Crippen LogP contribution in [-0.2, 0) is 0 Å². The van der Waals surface area contributed by atoms with Crippen LogP contribution in [0.5, 0.6) is 17.4 Å². The molecule has 0 bridgehead atoms. The molecule has 6 heteroatoms. The Morgan fingerprint density at radius 2 is 1.69 bits per heavy atom. The number of nitrogens with zero attached hydrogens (tertiary/aromatic N) is 1. The Morgan fingerprint density at radius 1 is 0.931 bits per heavy atom. The monoisotopic (exact) mass is 387 g/mol. The van der Waals surface area contributed by atoms with Crippen molar-refractivity contribution in [3.63, 3.8) is 0 Å². The zero-order valence-corrected chi connectivity index (χ0v) is 16.1. The molecule has 0 amide bonds. The summed E-state index contributed by atoms with van der Waals surface area (Å²) >= 11 is 0. The summed E-state index contributed by atoms with van der Waals surface area (Å²) in [6, 6.07) is 20.6. The average Bonchev–Trinajstić information content (AvgIpc) is 3.07. The molecule has 0 unspecified atom stereocenters. The maximum Gasteiger partial charge on any atom is 0.199 e. The highest BCUT2D eigenvalue weighted by Crippen LogP contribution is 2.35. The highest BCUT2D eigenvalue weighted by molar-refractivity contribution is 6.22. The van der Waals surface area contributed by atoms with E-state index in [1.54, 1.807) is 32.4 Å². The Labute approximate surface area is 168 Å². The minimum atomic E-state index is 0.0358. The molecule has 0 spiro atoms. The van der Waals surface area contributed by atoms with E-state index in [2.05, 4.69) is 4.98 Å². The Morgan fingerprint density at radius 3 is 2.41 bits per heavy atom. The summed E-state index contributed by atoms with van der Waals surface area (Å²) in [4.78, 5) is 7.86. The summed E-state index contributed by atoms with van der Waals surface area (Å²) in [5, 5.41) is 11.5. The Hall–Kier alpha value is -3.93. The molecule has 0 fully saturated rings. The molecule has 0 aliphatic carbocycles. The van der Waals surface area contributed by atoms with Gasteiger partial charge in [-0.15, -0.1) is 0 Å². The number of aliphatic imine (C=N–C) groups is 1. The molecule has 0 radical (unpaired) electrons. The SMILES string of the molecule is COc1ccc(N=C(c2ccccc2)c2c(O)[nH]c3ccc(N)cc23)cc1OC. The molecule has 1 aromatic heterocycles. The number of nitrogen functional groups attached to an aromatic ring is 1. The van der Waals surface area contributed by atoms with Gasteiger partial charge < -0.3 is 25.3 Å². The number of aromatic nitrogens is 1. The number of H-pyrrole nitrogens is 1. The first-order chi connectivity index (χ1) is 14.1. The number of hydrogen-bond donors (Lipinski definition) is 3. The number of aromatic hydroxyl groups is 1. The van der Waals surface area contributed by atoms with Gasteiger partial charge in [0, 0.05) is 28.2 Å². The predicted octanol–water partition coefficient (Wildman–Crippen LogP) is 4.64. The fourth-order valence-corrected chi connectivity index (χ4v) is 3.32. The number of fused-ring (bicyclic) bond motifs is 1. The van der Waals surface area contributed by atoms with Crippen LogP contribution in [0.25, 0.3) is 10.9 Å². The highest BCUT2D eigenvalue weighted by Gasteiger charge is 2.19. The van der Waals surface area contributed by atoms with E-state index in [1.807, 2.05) is 48.5 Å². The van der Waals surface area contributed by atoms with Gasteiger partial charge in [-0.25, -0.2) is 4.99 Å². The van der Waals surface area contributed by atoms with Crippen molar-refractivity contribution in [3.05, 3.63) is 77.9 Å². The molecule has 0 aliphatic heterocycles. The van der Waals surface area contributed by atoms with Crippen molar-refractivity contribution in [1.82, 2.24) is 4.98 Å². The molecule has 4 N–H and O–H groups in total. The van der Waals surface area contributed by atoms with Crippen LogP contribution in [0.4, 0.5) is 11.4 Å². The lowest BCUT2D eigenvalue weighted by Gasteiger charge is -2.10. The van der Waals surface area contributed by atoms with Crippen molar-refractivity contribution in [2.45, 2.75) is 0 Å². The zero-order chi connectivity index (χ0) is 20.4. The van der Waals surface area contributed by atoms with Gasteiger partial charge in [-0.3, -0.25) is 0 Å². The van der Waals surface area contributed by atoms with Crippen molar-refractivity contribution in [2.75, 3.05) is 20.0 Å². The van der Waals surface area contributed by atoms with Crippen LogP contribution in [-0.4, -0.2) is 30.0 Å². The van der Waals surface area contributed by atoms with Gasteiger partial charge >= 0.3 is 0 Å². The first-order valence-corrected chi connectivity index (χ1v) is 9.07. The van der Waals surface area contributed by atoms with Crippen LogP contribution in [0, 0.1) is 0 Å². The van der Waals surface area contributed by atoms with Gasteiger partial charge in [0.25, 0.3) is 0 Å². The number of aromatic amines is 1. The number of anilines is 1. The fourth-order valence-electron chi connectivity index (χ4n) is 3.32. The second kappa shape index (κ2) is 7.59. The van der Waals surface area contributed by atoms with Crippen LogP contribution in [0.1, 0.15) is 11.1 Å². The van der Waals surface area contributed by atoms with E-state index in [1.165, 1.54) is 0 Å². The molecule has 29 heavy (non-hydrogen) atoms. The average molecular weight is 387 g/mol. The van der Waals surface area contributed by atoms with E-state index < -0.39 is 0 Å². The second-order valence-corrected chi connectivity index (χ2v) is 6.52. The number of methoxy groups -OCH3 is 2. The largest absolute Gasteiger partial charge is 0.494 e. The number of rotatable bonds is 5. The molecular formula is C23H21N3O3. The van der Waals surface area contributed by atoms with E-state index in [0.717, 1.165) is 16.5 Å². The van der Waals surface area contributed by atoms with Crippen LogP contribution >= 0.6 is 0 Å². The first-order valence-electron chi connectivity index (χ1n) is 9.07. The zero-order valence-electron chi connectivity index (χ0n) is 16.1. The van der Waals surface area contributed by atoms with E-state index in [9.17, 15) is 5.11 Å². The van der Waals surface area contributed by atoms with Crippen molar-refractivity contribution in [2.24, 2.45) is 4.99 Å². The molecule has 0 saturated carbocycles. The molecule has 0 atom stereocenters. The number of hydrogen-bond acceptors (Lipinski definition) is 5. The highest BCUT2D eigenvalue weighted by atomic mass is 16.5. The third-order valence-corrected chi connectivity index (χ3v) is 4.69. The van der Waals surface area contributed by atoms with Gasteiger partial charge in [0.05, 0.1) is 31.2 Å². The summed E-state index contributed by atoms with van der Waals surface area (Å²) in [6.45, 7) is 0. The summed E-state index contributed by atoms with van der Waals surface area (Å²) in [7, 11) is 3.17. The maximum absolute atomic E-state index is 10.7.